The Hall–Kier alpha value is -2.85. The predicted molar refractivity (Wildman–Crippen MR) is 114 cm³/mol. The Balaban J connectivity index is 1.85. The van der Waals surface area contributed by atoms with Crippen LogP contribution in [0.1, 0.15) is 31.7 Å². The molecule has 28 heavy (non-hydrogen) atoms. The van der Waals surface area contributed by atoms with Crippen LogP contribution in [0.4, 0.5) is 0 Å². The minimum absolute atomic E-state index is 0.238. The van der Waals surface area contributed by atoms with Crippen LogP contribution in [0.3, 0.4) is 0 Å². The number of phenolic OH excluding ortho intramolecular Hbond substituents is 1. The Bertz CT molecular complexity index is 1110. The number of aryl methyl sites for hydroxylation is 1. The maximum atomic E-state index is 11.0. The highest BCUT2D eigenvalue weighted by Gasteiger charge is 2.15. The first-order valence-corrected chi connectivity index (χ1v) is 9.98. The van der Waals surface area contributed by atoms with Gasteiger partial charge in [0.1, 0.15) is 22.5 Å². The molecule has 0 fully saturated rings. The first-order chi connectivity index (χ1) is 13.7. The fourth-order valence-electron chi connectivity index (χ4n) is 3.38. The van der Waals surface area contributed by atoms with E-state index in [1.165, 1.54) is 4.80 Å². The summed E-state index contributed by atoms with van der Waals surface area (Å²) >= 11 is 6.08. The summed E-state index contributed by atoms with van der Waals surface area (Å²) in [6.07, 6.45) is 4.12. The Morgan fingerprint density at radius 2 is 1.68 bits per heavy atom. The van der Waals surface area contributed by atoms with Crippen molar-refractivity contribution in [2.45, 2.75) is 32.6 Å². The minimum Gasteiger partial charge on any atom is -0.505 e. The zero-order valence-electron chi connectivity index (χ0n) is 15.8. The molecule has 4 rings (SSSR count). The van der Waals surface area contributed by atoms with Gasteiger partial charge in [0, 0.05) is 5.02 Å². The predicted octanol–water partition coefficient (Wildman–Crippen LogP) is 6.18. The Labute approximate surface area is 169 Å². The number of benzene rings is 3. The van der Waals surface area contributed by atoms with Crippen molar-refractivity contribution in [2.75, 3.05) is 0 Å². The molecule has 4 nitrogen and oxygen atoms in total. The number of unbranched alkanes of at least 4 members (excludes halogenated alkanes) is 2. The van der Waals surface area contributed by atoms with Crippen molar-refractivity contribution in [1.29, 1.82) is 0 Å². The van der Waals surface area contributed by atoms with Crippen molar-refractivity contribution in [2.24, 2.45) is 0 Å². The Kier molecular flexibility index (Phi) is 5.31. The highest BCUT2D eigenvalue weighted by atomic mass is 35.5. The van der Waals surface area contributed by atoms with E-state index in [2.05, 4.69) is 35.3 Å². The molecule has 0 atom stereocenters. The van der Waals surface area contributed by atoms with Crippen LogP contribution < -0.4 is 0 Å². The third kappa shape index (κ3) is 3.73. The third-order valence-corrected chi connectivity index (χ3v) is 5.12. The van der Waals surface area contributed by atoms with Crippen molar-refractivity contribution >= 4 is 22.6 Å². The molecular formula is C23H22ClN3O. The molecule has 0 bridgehead atoms. The lowest BCUT2D eigenvalue weighted by Crippen LogP contribution is -2.02. The number of aromatic nitrogens is 3. The van der Waals surface area contributed by atoms with Gasteiger partial charge < -0.3 is 5.11 Å². The number of rotatable bonds is 6. The molecule has 1 N–H and O–H groups in total. The second-order valence-corrected chi connectivity index (χ2v) is 7.39. The minimum atomic E-state index is 0.238. The Morgan fingerprint density at radius 3 is 2.46 bits per heavy atom. The summed E-state index contributed by atoms with van der Waals surface area (Å²) in [5.74, 6) is 0.238. The molecule has 0 unspecified atom stereocenters. The quantitative estimate of drug-likeness (QED) is 0.399. The molecule has 0 spiro atoms. The van der Waals surface area contributed by atoms with Gasteiger partial charge in [-0.05, 0) is 59.9 Å². The molecule has 1 aromatic heterocycles. The molecule has 0 aliphatic rings. The first-order valence-electron chi connectivity index (χ1n) is 9.60. The first kappa shape index (κ1) is 18.5. The van der Waals surface area contributed by atoms with Crippen LogP contribution in [-0.2, 0) is 6.42 Å². The molecule has 4 aromatic rings. The summed E-state index contributed by atoms with van der Waals surface area (Å²) in [6, 6.07) is 19.6. The normalized spacial score (nSPS) is 11.2. The summed E-state index contributed by atoms with van der Waals surface area (Å²) in [6.45, 7) is 2.18. The number of phenols is 1. The molecule has 3 aromatic carbocycles. The van der Waals surface area contributed by atoms with E-state index >= 15 is 0 Å². The van der Waals surface area contributed by atoms with Crippen LogP contribution in [0, 0.1) is 0 Å². The van der Waals surface area contributed by atoms with Crippen LogP contribution >= 0.6 is 11.6 Å². The monoisotopic (exact) mass is 391 g/mol. The lowest BCUT2D eigenvalue weighted by molar-refractivity contribution is 0.459. The average Bonchev–Trinajstić information content (AvgIpc) is 3.13. The van der Waals surface area contributed by atoms with E-state index in [9.17, 15) is 5.11 Å². The van der Waals surface area contributed by atoms with Gasteiger partial charge in [0.2, 0.25) is 0 Å². The summed E-state index contributed by atoms with van der Waals surface area (Å²) in [5.41, 5.74) is 5.08. The molecule has 0 aliphatic carbocycles. The van der Waals surface area contributed by atoms with Crippen LogP contribution in [0.15, 0.2) is 60.7 Å². The highest BCUT2D eigenvalue weighted by Crippen LogP contribution is 2.33. The van der Waals surface area contributed by atoms with Crippen LogP contribution in [-0.4, -0.2) is 20.1 Å². The topological polar surface area (TPSA) is 50.9 Å². The van der Waals surface area contributed by atoms with E-state index in [0.29, 0.717) is 16.2 Å². The van der Waals surface area contributed by atoms with E-state index in [4.69, 9.17) is 11.6 Å². The van der Waals surface area contributed by atoms with Gasteiger partial charge >= 0.3 is 0 Å². The van der Waals surface area contributed by atoms with Gasteiger partial charge in [0.05, 0.1) is 0 Å². The second-order valence-electron chi connectivity index (χ2n) is 6.95. The molecule has 1 heterocycles. The number of hydrogen-bond acceptors (Lipinski definition) is 3. The van der Waals surface area contributed by atoms with Crippen molar-refractivity contribution < 1.29 is 5.11 Å². The summed E-state index contributed by atoms with van der Waals surface area (Å²) in [5, 5.41) is 20.7. The van der Waals surface area contributed by atoms with Crippen LogP contribution in [0.25, 0.3) is 27.8 Å². The number of halogens is 1. The molecule has 5 heteroatoms. The molecule has 0 radical (unpaired) electrons. The van der Waals surface area contributed by atoms with E-state index in [1.807, 2.05) is 30.3 Å². The summed E-state index contributed by atoms with van der Waals surface area (Å²) < 4.78 is 0. The van der Waals surface area contributed by atoms with Gasteiger partial charge in [-0.3, -0.25) is 0 Å². The van der Waals surface area contributed by atoms with Gasteiger partial charge in [-0.25, -0.2) is 0 Å². The van der Waals surface area contributed by atoms with Gasteiger partial charge in [-0.15, -0.1) is 15.0 Å². The van der Waals surface area contributed by atoms with Crippen molar-refractivity contribution in [1.82, 2.24) is 15.0 Å². The lowest BCUT2D eigenvalue weighted by atomic mass is 9.98. The van der Waals surface area contributed by atoms with Gasteiger partial charge in [-0.2, -0.15) is 0 Å². The smallest absolute Gasteiger partial charge is 0.146 e. The van der Waals surface area contributed by atoms with Gasteiger partial charge in [-0.1, -0.05) is 61.7 Å². The van der Waals surface area contributed by atoms with Crippen LogP contribution in [0.5, 0.6) is 5.75 Å². The molecule has 0 aliphatic heterocycles. The SMILES string of the molecule is CCCCCc1cc(-c2ccccc2)cc(-n2nc3ccc(Cl)cc3n2)c1O. The average molecular weight is 392 g/mol. The van der Waals surface area contributed by atoms with Crippen molar-refractivity contribution in [3.8, 4) is 22.6 Å². The maximum absolute atomic E-state index is 11.0. The standard InChI is InChI=1S/C23H22ClN3O/c1-2-3-5-10-17-13-18(16-8-6-4-7-9-16)14-22(23(17)28)27-25-20-12-11-19(24)15-21(20)26-27/h4,6-9,11-15,28H,2-3,5,10H2,1H3. The molecule has 0 saturated carbocycles. The fourth-order valence-corrected chi connectivity index (χ4v) is 3.55. The Morgan fingerprint density at radius 1 is 0.893 bits per heavy atom. The number of nitrogens with zero attached hydrogens (tertiary/aromatic N) is 3. The molecular weight excluding hydrogens is 370 g/mol. The fraction of sp³-hybridized carbons (Fsp3) is 0.217. The summed E-state index contributed by atoms with van der Waals surface area (Å²) in [7, 11) is 0. The zero-order valence-corrected chi connectivity index (χ0v) is 16.5. The number of fused-ring (bicyclic) bond motifs is 1. The molecule has 0 saturated heterocycles. The van der Waals surface area contributed by atoms with E-state index in [0.717, 1.165) is 47.9 Å². The highest BCUT2D eigenvalue weighted by molar-refractivity contribution is 6.31. The number of aromatic hydroxyl groups is 1. The van der Waals surface area contributed by atoms with E-state index in [1.54, 1.807) is 12.1 Å². The molecule has 142 valence electrons. The van der Waals surface area contributed by atoms with Gasteiger partial charge in [0.15, 0.2) is 0 Å². The van der Waals surface area contributed by atoms with E-state index in [-0.39, 0.29) is 5.75 Å². The maximum Gasteiger partial charge on any atom is 0.146 e. The van der Waals surface area contributed by atoms with Crippen molar-refractivity contribution in [3.63, 3.8) is 0 Å². The zero-order chi connectivity index (χ0) is 19.5. The molecule has 0 amide bonds. The second kappa shape index (κ2) is 8.03. The number of hydrogen-bond donors (Lipinski definition) is 1. The third-order valence-electron chi connectivity index (χ3n) is 4.88. The van der Waals surface area contributed by atoms with Gasteiger partial charge in [0.25, 0.3) is 0 Å². The summed E-state index contributed by atoms with van der Waals surface area (Å²) in [4.78, 5) is 1.51. The van der Waals surface area contributed by atoms with Crippen molar-refractivity contribution in [3.05, 3.63) is 71.2 Å². The lowest BCUT2D eigenvalue weighted by Gasteiger charge is -2.13. The van der Waals surface area contributed by atoms with E-state index < -0.39 is 0 Å². The largest absolute Gasteiger partial charge is 0.505 e. The van der Waals surface area contributed by atoms with Crippen LogP contribution in [0.2, 0.25) is 5.02 Å².